The zero-order valence-electron chi connectivity index (χ0n) is 1.47. The van der Waals surface area contributed by atoms with Crippen LogP contribution in [0.1, 0.15) is 0 Å². The van der Waals surface area contributed by atoms with Crippen LogP contribution in [0, 0.1) is 0 Å². The van der Waals surface area contributed by atoms with Crippen molar-refractivity contribution in [2.75, 3.05) is 0 Å². The molecule has 0 aromatic rings. The topological polar surface area (TPSA) is 0 Å². The minimum Gasteiger partial charge on any atom is -0.114 e. The molecule has 0 heterocycles. The fraction of sp³-hybridized carbons (Fsp3) is 0. The molecule has 0 bridgehead atoms. The average Bonchev–Trinajstić information content (AvgIpc) is 1.00. The van der Waals surface area contributed by atoms with Gasteiger partial charge in [-0.05, 0) is 8.91 Å². The first-order valence-corrected chi connectivity index (χ1v) is 2.87. The van der Waals surface area contributed by atoms with Crippen LogP contribution in [0.5, 0.6) is 0 Å². The van der Waals surface area contributed by atoms with Crippen LogP contribution in [-0.2, 0) is 22.4 Å². The van der Waals surface area contributed by atoms with E-state index in [0.717, 1.165) is 0 Å². The van der Waals surface area contributed by atoms with Gasteiger partial charge in [-0.3, -0.25) is 0 Å². The number of hydrogen-bond acceptors (Lipinski definition) is 0. The van der Waals surface area contributed by atoms with E-state index in [4.69, 9.17) is 0 Å². The van der Waals surface area contributed by atoms with Crippen molar-refractivity contribution in [3.05, 3.63) is 0 Å². The van der Waals surface area contributed by atoms with Crippen LogP contribution >= 0.6 is 47.4 Å². The van der Waals surface area contributed by atoms with Gasteiger partial charge in [-0.15, -0.1) is 17.0 Å². The van der Waals surface area contributed by atoms with Crippen molar-refractivity contribution >= 4 is 47.4 Å². The standard InChI is InChI=1S/Ag.BrH.ClI/c;;1-2/h;1H;. The maximum Gasteiger partial charge on any atom is 0.0425 e. The Morgan fingerprint density at radius 1 is 1.25 bits per heavy atom. The summed E-state index contributed by atoms with van der Waals surface area (Å²) in [6.07, 6.45) is 0. The van der Waals surface area contributed by atoms with Gasteiger partial charge in [-0.25, -0.2) is 0 Å². The van der Waals surface area contributed by atoms with Crippen molar-refractivity contribution < 1.29 is 22.4 Å². The summed E-state index contributed by atoms with van der Waals surface area (Å²) in [5, 5.41) is 0. The van der Waals surface area contributed by atoms with E-state index in [1.807, 2.05) is 0 Å². The Bertz CT molecular complexity index is 8.00. The molecule has 4 heteroatoms. The Balaban J connectivity index is -0.00000000500. The molecule has 0 saturated carbocycles. The molecule has 0 nitrogen and oxygen atoms in total. The zero-order chi connectivity index (χ0) is 2.00. The monoisotopic (exact) mass is 349 g/mol. The van der Waals surface area contributed by atoms with Crippen LogP contribution in [0.2, 0.25) is 0 Å². The van der Waals surface area contributed by atoms with E-state index >= 15 is 0 Å². The molecule has 0 unspecified atom stereocenters. The number of rotatable bonds is 0. The molecule has 0 N–H and O–H groups in total. The minimum atomic E-state index is 0. The maximum absolute atomic E-state index is 4.61. The Kier molecular flexibility index (Phi) is 76.6. The summed E-state index contributed by atoms with van der Waals surface area (Å²) in [5.74, 6) is 0. The summed E-state index contributed by atoms with van der Waals surface area (Å²) in [7, 11) is 4.61. The summed E-state index contributed by atoms with van der Waals surface area (Å²) in [4.78, 5) is 0. The second kappa shape index (κ2) is 18.8. The number of hydrogen-bond donors (Lipinski definition) is 0. The van der Waals surface area contributed by atoms with E-state index in [9.17, 15) is 0 Å². The molecule has 0 aliphatic carbocycles. The molecule has 0 amide bonds. The van der Waals surface area contributed by atoms with Gasteiger partial charge in [-0.2, -0.15) is 0 Å². The van der Waals surface area contributed by atoms with Crippen molar-refractivity contribution in [3.8, 4) is 0 Å². The minimum absolute atomic E-state index is 0. The van der Waals surface area contributed by atoms with Crippen molar-refractivity contribution in [1.82, 2.24) is 0 Å². The van der Waals surface area contributed by atoms with Crippen molar-refractivity contribution in [3.63, 3.8) is 0 Å². The molecule has 0 rings (SSSR count). The molecule has 0 aromatic heterocycles. The van der Waals surface area contributed by atoms with E-state index in [1.54, 1.807) is 21.5 Å². The maximum atomic E-state index is 4.61. The van der Waals surface area contributed by atoms with Gasteiger partial charge >= 0.3 is 0 Å². The summed E-state index contributed by atoms with van der Waals surface area (Å²) < 4.78 is 0. The first-order valence-electron chi connectivity index (χ1n) is 0.143. The third-order valence-electron chi connectivity index (χ3n) is 0. The SMILES string of the molecule is Br.ClI.[Ag]. The Morgan fingerprint density at radius 2 is 1.25 bits per heavy atom. The van der Waals surface area contributed by atoms with Gasteiger partial charge in [0.2, 0.25) is 0 Å². The predicted molar refractivity (Wildman–Crippen MR) is 30.2 cm³/mol. The van der Waals surface area contributed by atoms with Gasteiger partial charge < -0.3 is 0 Å². The average molecular weight is 351 g/mol. The van der Waals surface area contributed by atoms with Gasteiger partial charge in [0.25, 0.3) is 0 Å². The molecule has 0 aliphatic heterocycles. The summed E-state index contributed by atoms with van der Waals surface area (Å²) in [6.45, 7) is 0. The van der Waals surface area contributed by atoms with Crippen LogP contribution in [0.25, 0.3) is 0 Å². The van der Waals surface area contributed by atoms with Crippen molar-refractivity contribution in [2.24, 2.45) is 0 Å². The van der Waals surface area contributed by atoms with E-state index in [1.165, 1.54) is 0 Å². The summed E-state index contributed by atoms with van der Waals surface area (Å²) >= 11 is 1.62. The molecular weight excluding hydrogens is 350 g/mol. The van der Waals surface area contributed by atoms with Gasteiger partial charge in [0.15, 0.2) is 0 Å². The van der Waals surface area contributed by atoms with Crippen LogP contribution < -0.4 is 0 Å². The first-order chi connectivity index (χ1) is 1.00. The zero-order valence-corrected chi connectivity index (χ0v) is 7.57. The summed E-state index contributed by atoms with van der Waals surface area (Å²) in [6, 6.07) is 0. The Labute approximate surface area is 68.8 Å². The molecule has 4 heavy (non-hydrogen) atoms. The number of halogens is 3. The molecule has 1 radical (unpaired) electrons. The van der Waals surface area contributed by atoms with Crippen LogP contribution in [-0.4, -0.2) is 0 Å². The quantitative estimate of drug-likeness (QED) is 0.464. The fourth-order valence-electron chi connectivity index (χ4n) is 0. The molecule has 0 saturated heterocycles. The van der Waals surface area contributed by atoms with Gasteiger partial charge in [0.05, 0.1) is 0 Å². The molecule has 33 valence electrons. The van der Waals surface area contributed by atoms with Gasteiger partial charge in [0.1, 0.15) is 0 Å². The fourth-order valence-corrected chi connectivity index (χ4v) is 0. The molecular formula is HAgBrClI. The molecule has 0 atom stereocenters. The Morgan fingerprint density at radius 3 is 1.25 bits per heavy atom. The third-order valence-corrected chi connectivity index (χ3v) is 0. The van der Waals surface area contributed by atoms with Crippen molar-refractivity contribution in [1.29, 1.82) is 0 Å². The second-order valence-electron chi connectivity index (χ2n) is 0. The molecule has 0 spiro atoms. The van der Waals surface area contributed by atoms with E-state index < -0.39 is 0 Å². The van der Waals surface area contributed by atoms with Crippen LogP contribution in [0.15, 0.2) is 0 Å². The predicted octanol–water partition coefficient (Wildman–Crippen LogP) is 2.15. The largest absolute Gasteiger partial charge is 0.114 e. The molecule has 0 fully saturated rings. The van der Waals surface area contributed by atoms with E-state index in [2.05, 4.69) is 8.91 Å². The smallest absolute Gasteiger partial charge is 0.0425 e. The van der Waals surface area contributed by atoms with Crippen LogP contribution in [0.3, 0.4) is 0 Å². The van der Waals surface area contributed by atoms with E-state index in [-0.39, 0.29) is 39.4 Å². The first kappa shape index (κ1) is 16.3. The van der Waals surface area contributed by atoms with Crippen LogP contribution in [0.4, 0.5) is 0 Å². The Hall–Kier alpha value is 2.24. The molecule has 0 aliphatic rings. The van der Waals surface area contributed by atoms with Gasteiger partial charge in [0, 0.05) is 43.8 Å². The van der Waals surface area contributed by atoms with Crippen molar-refractivity contribution in [2.45, 2.75) is 0 Å². The normalized spacial score (nSPS) is 1.50. The van der Waals surface area contributed by atoms with Gasteiger partial charge in [-0.1, -0.05) is 0 Å². The third kappa shape index (κ3) is 8.87. The molecule has 0 aromatic carbocycles. The van der Waals surface area contributed by atoms with E-state index in [0.29, 0.717) is 0 Å². The summed E-state index contributed by atoms with van der Waals surface area (Å²) in [5.41, 5.74) is 0. The second-order valence-corrected chi connectivity index (χ2v) is 0.